The Morgan fingerprint density at radius 2 is 1.85 bits per heavy atom. The molecule has 1 saturated heterocycles. The summed E-state index contributed by atoms with van der Waals surface area (Å²) in [6.07, 6.45) is 7.05. The second-order valence-electron chi connectivity index (χ2n) is 6.96. The van der Waals surface area contributed by atoms with Crippen LogP contribution in [0.25, 0.3) is 0 Å². The fourth-order valence-corrected chi connectivity index (χ4v) is 3.51. The number of aliphatic hydroxyl groups is 1. The van der Waals surface area contributed by atoms with E-state index in [1.54, 1.807) is 12.4 Å². The summed E-state index contributed by atoms with van der Waals surface area (Å²) < 4.78 is 0. The minimum atomic E-state index is -0.306. The molecular weight excluding hydrogens is 326 g/mol. The number of aliphatic hydroxyl groups excluding tert-OH is 1. The van der Waals surface area contributed by atoms with Crippen LogP contribution in [-0.4, -0.2) is 45.1 Å². The van der Waals surface area contributed by atoms with Crippen molar-refractivity contribution in [2.24, 2.45) is 5.92 Å². The number of piperidine rings is 1. The fourth-order valence-electron chi connectivity index (χ4n) is 3.51. The number of carbonyl (C=O) groups excluding carboxylic acids is 1. The van der Waals surface area contributed by atoms with Gasteiger partial charge in [0.15, 0.2) is 0 Å². The van der Waals surface area contributed by atoms with Crippen molar-refractivity contribution in [1.29, 1.82) is 0 Å². The lowest BCUT2D eigenvalue weighted by molar-refractivity contribution is 0.0436. The van der Waals surface area contributed by atoms with E-state index in [0.717, 1.165) is 37.9 Å². The summed E-state index contributed by atoms with van der Waals surface area (Å²) in [6.45, 7) is 3.35. The van der Waals surface area contributed by atoms with Crippen LogP contribution in [0.2, 0.25) is 0 Å². The maximum atomic E-state index is 12.6. The van der Waals surface area contributed by atoms with E-state index in [2.05, 4.69) is 22.1 Å². The lowest BCUT2D eigenvalue weighted by Crippen LogP contribution is -2.41. The maximum Gasteiger partial charge on any atom is 0.256 e. The van der Waals surface area contributed by atoms with Crippen LogP contribution in [0.1, 0.15) is 47.9 Å². The largest absolute Gasteiger partial charge is 0.393 e. The van der Waals surface area contributed by atoms with Crippen molar-refractivity contribution in [2.75, 3.05) is 13.1 Å². The average molecular weight is 353 g/mol. The Balaban J connectivity index is 1.47. The van der Waals surface area contributed by atoms with E-state index in [4.69, 9.17) is 0 Å². The summed E-state index contributed by atoms with van der Waals surface area (Å²) in [5.41, 5.74) is 1.81. The predicted octanol–water partition coefficient (Wildman–Crippen LogP) is 2.88. The highest BCUT2D eigenvalue weighted by Crippen LogP contribution is 2.24. The summed E-state index contributed by atoms with van der Waals surface area (Å²) in [4.78, 5) is 22.8. The fraction of sp³-hybridized carbons (Fsp3) is 0.476. The van der Waals surface area contributed by atoms with E-state index in [0.29, 0.717) is 18.7 Å². The molecule has 0 aliphatic carbocycles. The van der Waals surface area contributed by atoms with Gasteiger partial charge in [0, 0.05) is 31.9 Å². The number of nitrogens with zero attached hydrogens (tertiary/aromatic N) is 3. The number of aromatic nitrogens is 2. The standard InChI is InChI=1S/C21H27N3O2/c1-2-20-22-14-18(15-23-20)21(26)24-12-10-17(11-13-24)19(25)9-8-16-6-4-3-5-7-16/h3-7,14-15,17,19,25H,2,8-13H2,1H3/t19-/m1/s1. The molecule has 0 bridgehead atoms. The van der Waals surface area contributed by atoms with Crippen molar-refractivity contribution in [2.45, 2.75) is 45.1 Å². The molecule has 1 aliphatic heterocycles. The van der Waals surface area contributed by atoms with Gasteiger partial charge < -0.3 is 10.0 Å². The lowest BCUT2D eigenvalue weighted by Gasteiger charge is -2.34. The van der Waals surface area contributed by atoms with Crippen LogP contribution in [0, 0.1) is 5.92 Å². The number of benzene rings is 1. The third-order valence-corrected chi connectivity index (χ3v) is 5.21. The van der Waals surface area contributed by atoms with E-state index in [9.17, 15) is 9.90 Å². The number of carbonyl (C=O) groups is 1. The Hall–Kier alpha value is -2.27. The average Bonchev–Trinajstić information content (AvgIpc) is 2.72. The highest BCUT2D eigenvalue weighted by molar-refractivity contribution is 5.93. The number of likely N-dealkylation sites (tertiary alicyclic amines) is 1. The third-order valence-electron chi connectivity index (χ3n) is 5.21. The van der Waals surface area contributed by atoms with Crippen LogP contribution < -0.4 is 0 Å². The Kier molecular flexibility index (Phi) is 6.34. The van der Waals surface area contributed by atoms with Gasteiger partial charge >= 0.3 is 0 Å². The molecule has 5 nitrogen and oxygen atoms in total. The van der Waals surface area contributed by atoms with Gasteiger partial charge in [-0.1, -0.05) is 37.3 Å². The first-order valence-electron chi connectivity index (χ1n) is 9.49. The normalized spacial score (nSPS) is 16.5. The summed E-state index contributed by atoms with van der Waals surface area (Å²) in [5.74, 6) is 1.01. The second kappa shape index (κ2) is 8.90. The van der Waals surface area contributed by atoms with Gasteiger partial charge in [-0.2, -0.15) is 0 Å². The van der Waals surface area contributed by atoms with Crippen LogP contribution in [-0.2, 0) is 12.8 Å². The molecule has 1 fully saturated rings. The van der Waals surface area contributed by atoms with E-state index in [1.165, 1.54) is 5.56 Å². The molecule has 26 heavy (non-hydrogen) atoms. The molecule has 1 aliphatic rings. The van der Waals surface area contributed by atoms with Gasteiger partial charge in [0.05, 0.1) is 11.7 Å². The van der Waals surface area contributed by atoms with Crippen LogP contribution in [0.3, 0.4) is 0 Å². The van der Waals surface area contributed by atoms with Crippen LogP contribution in [0.4, 0.5) is 0 Å². The molecule has 2 aromatic rings. The molecular formula is C21H27N3O2. The number of hydrogen-bond acceptors (Lipinski definition) is 4. The monoisotopic (exact) mass is 353 g/mol. The molecule has 0 unspecified atom stereocenters. The molecule has 5 heteroatoms. The number of rotatable bonds is 6. The Morgan fingerprint density at radius 3 is 2.46 bits per heavy atom. The Morgan fingerprint density at radius 1 is 1.19 bits per heavy atom. The molecule has 1 N–H and O–H groups in total. The molecule has 138 valence electrons. The van der Waals surface area contributed by atoms with Crippen molar-refractivity contribution >= 4 is 5.91 Å². The number of aryl methyl sites for hydroxylation is 2. The summed E-state index contributed by atoms with van der Waals surface area (Å²) in [7, 11) is 0. The molecule has 1 atom stereocenters. The molecule has 3 rings (SSSR count). The van der Waals surface area contributed by atoms with Gasteiger partial charge in [0.2, 0.25) is 0 Å². The lowest BCUT2D eigenvalue weighted by atomic mass is 9.88. The molecule has 1 aromatic carbocycles. The van der Waals surface area contributed by atoms with Crippen LogP contribution in [0.15, 0.2) is 42.7 Å². The van der Waals surface area contributed by atoms with Crippen molar-refractivity contribution in [3.05, 3.63) is 59.7 Å². The quantitative estimate of drug-likeness (QED) is 0.867. The number of hydrogen-bond donors (Lipinski definition) is 1. The van der Waals surface area contributed by atoms with Crippen molar-refractivity contribution in [3.8, 4) is 0 Å². The van der Waals surface area contributed by atoms with E-state index >= 15 is 0 Å². The minimum absolute atomic E-state index is 0.00937. The predicted molar refractivity (Wildman–Crippen MR) is 101 cm³/mol. The Labute approximate surface area is 155 Å². The SMILES string of the molecule is CCc1ncc(C(=O)N2CCC([C@H](O)CCc3ccccc3)CC2)cn1. The van der Waals surface area contributed by atoms with Crippen molar-refractivity contribution < 1.29 is 9.90 Å². The summed E-state index contributed by atoms with van der Waals surface area (Å²) >= 11 is 0. The van der Waals surface area contributed by atoms with Gasteiger partial charge in [-0.25, -0.2) is 9.97 Å². The van der Waals surface area contributed by atoms with Gasteiger partial charge in [-0.05, 0) is 37.2 Å². The van der Waals surface area contributed by atoms with E-state index in [1.807, 2.05) is 30.0 Å². The minimum Gasteiger partial charge on any atom is -0.393 e. The molecule has 0 spiro atoms. The zero-order chi connectivity index (χ0) is 18.4. The first kappa shape index (κ1) is 18.5. The number of amides is 1. The van der Waals surface area contributed by atoms with Crippen LogP contribution >= 0.6 is 0 Å². The smallest absolute Gasteiger partial charge is 0.256 e. The highest BCUT2D eigenvalue weighted by Gasteiger charge is 2.28. The maximum absolute atomic E-state index is 12.6. The van der Waals surface area contributed by atoms with Gasteiger partial charge in [0.1, 0.15) is 5.82 Å². The molecule has 2 heterocycles. The molecule has 0 saturated carbocycles. The first-order valence-corrected chi connectivity index (χ1v) is 9.49. The van der Waals surface area contributed by atoms with E-state index in [-0.39, 0.29) is 17.9 Å². The third kappa shape index (κ3) is 4.67. The highest BCUT2D eigenvalue weighted by atomic mass is 16.3. The topological polar surface area (TPSA) is 66.3 Å². The molecule has 1 amide bonds. The van der Waals surface area contributed by atoms with Gasteiger partial charge in [-0.3, -0.25) is 4.79 Å². The van der Waals surface area contributed by atoms with Crippen LogP contribution in [0.5, 0.6) is 0 Å². The molecule has 0 radical (unpaired) electrons. The second-order valence-corrected chi connectivity index (χ2v) is 6.96. The van der Waals surface area contributed by atoms with Crippen molar-refractivity contribution in [3.63, 3.8) is 0 Å². The van der Waals surface area contributed by atoms with Crippen molar-refractivity contribution in [1.82, 2.24) is 14.9 Å². The van der Waals surface area contributed by atoms with E-state index < -0.39 is 0 Å². The summed E-state index contributed by atoms with van der Waals surface area (Å²) in [5, 5.41) is 10.5. The zero-order valence-corrected chi connectivity index (χ0v) is 15.3. The first-order chi connectivity index (χ1) is 12.7. The Bertz CT molecular complexity index is 695. The molecule has 1 aromatic heterocycles. The van der Waals surface area contributed by atoms with Gasteiger partial charge in [-0.15, -0.1) is 0 Å². The zero-order valence-electron chi connectivity index (χ0n) is 15.3. The summed E-state index contributed by atoms with van der Waals surface area (Å²) in [6, 6.07) is 10.3. The van der Waals surface area contributed by atoms with Gasteiger partial charge in [0.25, 0.3) is 5.91 Å².